The average Bonchev–Trinajstić information content (AvgIpc) is 3.23. The van der Waals surface area contributed by atoms with E-state index in [1.54, 1.807) is 0 Å². The smallest absolute Gasteiger partial charge is 0.254 e. The molecule has 0 aliphatic heterocycles. The van der Waals surface area contributed by atoms with Gasteiger partial charge in [0.2, 0.25) is 0 Å². The fraction of sp³-hybridized carbons (Fsp3) is 0.588. The van der Waals surface area contributed by atoms with Crippen LogP contribution in [-0.4, -0.2) is 30.4 Å². The molecule has 1 aromatic carbocycles. The van der Waals surface area contributed by atoms with Gasteiger partial charge >= 0.3 is 0 Å². The number of amides is 1. The molecule has 20 heavy (non-hydrogen) atoms. The maximum atomic E-state index is 12.7. The zero-order valence-corrected chi connectivity index (χ0v) is 13.1. The van der Waals surface area contributed by atoms with Crippen molar-refractivity contribution in [3.05, 3.63) is 29.3 Å². The van der Waals surface area contributed by atoms with Gasteiger partial charge in [0.25, 0.3) is 5.91 Å². The van der Waals surface area contributed by atoms with Gasteiger partial charge in [0.05, 0.1) is 0 Å². The molecule has 1 amide bonds. The molecule has 0 heterocycles. The Hall–Kier alpha value is -1.51. The minimum atomic E-state index is 0.193. The lowest BCUT2D eigenvalue weighted by Crippen LogP contribution is -2.34. The predicted octanol–water partition coefficient (Wildman–Crippen LogP) is 3.69. The average molecular weight is 274 g/mol. The lowest BCUT2D eigenvalue weighted by Gasteiger charge is -2.24. The van der Waals surface area contributed by atoms with Gasteiger partial charge in [-0.3, -0.25) is 4.79 Å². The molecule has 3 nitrogen and oxygen atoms in total. The summed E-state index contributed by atoms with van der Waals surface area (Å²) in [7, 11) is 1.91. The second-order valence-corrected chi connectivity index (χ2v) is 6.19. The van der Waals surface area contributed by atoms with Crippen molar-refractivity contribution in [2.75, 3.05) is 18.9 Å². The Morgan fingerprint density at radius 3 is 2.60 bits per heavy atom. The standard InChI is InChI=1S/C17H26N2O/c1-12(2)9-10-19(15-6-7-15)17(20)14-5-8-16(18-4)13(3)11-14/h5,8,11-12,15,18H,6-7,9-10H2,1-4H3. The lowest BCUT2D eigenvalue weighted by atomic mass is 10.1. The van der Waals surface area contributed by atoms with Crippen LogP contribution in [0.4, 0.5) is 5.69 Å². The Bertz CT molecular complexity index is 478. The molecule has 0 unspecified atom stereocenters. The van der Waals surface area contributed by atoms with Crippen LogP contribution in [0, 0.1) is 12.8 Å². The number of anilines is 1. The number of carbonyl (C=O) groups is 1. The third-order valence-electron chi connectivity index (χ3n) is 3.94. The van der Waals surface area contributed by atoms with Gasteiger partial charge in [0, 0.05) is 30.9 Å². The van der Waals surface area contributed by atoms with Crippen LogP contribution in [-0.2, 0) is 0 Å². The predicted molar refractivity (Wildman–Crippen MR) is 84.2 cm³/mol. The van der Waals surface area contributed by atoms with Crippen LogP contribution < -0.4 is 5.32 Å². The highest BCUT2D eigenvalue weighted by atomic mass is 16.2. The zero-order valence-electron chi connectivity index (χ0n) is 13.1. The van der Waals surface area contributed by atoms with Crippen LogP contribution in [0.25, 0.3) is 0 Å². The lowest BCUT2D eigenvalue weighted by molar-refractivity contribution is 0.0735. The number of carbonyl (C=O) groups excluding carboxylic acids is 1. The summed E-state index contributed by atoms with van der Waals surface area (Å²) in [5.74, 6) is 0.830. The number of hydrogen-bond acceptors (Lipinski definition) is 2. The van der Waals surface area contributed by atoms with Crippen LogP contribution in [0.1, 0.15) is 49.0 Å². The molecule has 2 rings (SSSR count). The topological polar surface area (TPSA) is 32.3 Å². The molecular weight excluding hydrogens is 248 g/mol. The van der Waals surface area contributed by atoms with Gasteiger partial charge in [-0.15, -0.1) is 0 Å². The highest BCUT2D eigenvalue weighted by Gasteiger charge is 2.32. The summed E-state index contributed by atoms with van der Waals surface area (Å²) >= 11 is 0. The second-order valence-electron chi connectivity index (χ2n) is 6.19. The van der Waals surface area contributed by atoms with Crippen LogP contribution in [0.5, 0.6) is 0 Å². The summed E-state index contributed by atoms with van der Waals surface area (Å²) in [4.78, 5) is 14.8. The van der Waals surface area contributed by atoms with Gasteiger partial charge in [-0.1, -0.05) is 13.8 Å². The first-order valence-electron chi connectivity index (χ1n) is 7.62. The molecule has 1 fully saturated rings. The molecule has 1 aliphatic rings. The van der Waals surface area contributed by atoms with E-state index in [0.717, 1.165) is 42.6 Å². The van der Waals surface area contributed by atoms with Gasteiger partial charge in [0.1, 0.15) is 0 Å². The minimum absolute atomic E-state index is 0.193. The van der Waals surface area contributed by atoms with Gasteiger partial charge in [-0.2, -0.15) is 0 Å². The number of aryl methyl sites for hydroxylation is 1. The van der Waals surface area contributed by atoms with E-state index in [1.165, 1.54) is 0 Å². The van der Waals surface area contributed by atoms with E-state index in [0.29, 0.717) is 12.0 Å². The molecule has 0 saturated heterocycles. The Labute approximate surface area is 122 Å². The van der Waals surface area contributed by atoms with Crippen LogP contribution in [0.2, 0.25) is 0 Å². The largest absolute Gasteiger partial charge is 0.388 e. The van der Waals surface area contributed by atoms with Crippen molar-refractivity contribution in [2.24, 2.45) is 5.92 Å². The number of hydrogen-bond donors (Lipinski definition) is 1. The van der Waals surface area contributed by atoms with E-state index in [-0.39, 0.29) is 5.91 Å². The normalized spacial score (nSPS) is 14.4. The zero-order chi connectivity index (χ0) is 14.7. The van der Waals surface area contributed by atoms with E-state index in [9.17, 15) is 4.79 Å². The van der Waals surface area contributed by atoms with Gasteiger partial charge in [-0.05, 0) is 55.9 Å². The molecule has 0 atom stereocenters. The Morgan fingerprint density at radius 2 is 2.10 bits per heavy atom. The van der Waals surface area contributed by atoms with Crippen LogP contribution in [0.15, 0.2) is 18.2 Å². The molecule has 0 spiro atoms. The molecule has 0 aromatic heterocycles. The highest BCUT2D eigenvalue weighted by Crippen LogP contribution is 2.29. The molecule has 110 valence electrons. The third-order valence-corrected chi connectivity index (χ3v) is 3.94. The van der Waals surface area contributed by atoms with E-state index >= 15 is 0 Å². The van der Waals surface area contributed by atoms with E-state index in [2.05, 4.69) is 24.1 Å². The third kappa shape index (κ3) is 3.53. The number of rotatable bonds is 6. The summed E-state index contributed by atoms with van der Waals surface area (Å²) in [5.41, 5.74) is 3.02. The van der Waals surface area contributed by atoms with Gasteiger partial charge < -0.3 is 10.2 Å². The van der Waals surface area contributed by atoms with Crippen molar-refractivity contribution in [1.82, 2.24) is 4.90 Å². The molecule has 1 aliphatic carbocycles. The summed E-state index contributed by atoms with van der Waals surface area (Å²) < 4.78 is 0. The van der Waals surface area contributed by atoms with Crippen LogP contribution >= 0.6 is 0 Å². The maximum Gasteiger partial charge on any atom is 0.254 e. The minimum Gasteiger partial charge on any atom is -0.388 e. The molecule has 0 radical (unpaired) electrons. The summed E-state index contributed by atoms with van der Waals surface area (Å²) in [6.45, 7) is 7.34. The fourth-order valence-corrected chi connectivity index (χ4v) is 2.48. The number of nitrogens with zero attached hydrogens (tertiary/aromatic N) is 1. The quantitative estimate of drug-likeness (QED) is 0.858. The van der Waals surface area contributed by atoms with Crippen LogP contribution in [0.3, 0.4) is 0 Å². The Kier molecular flexibility index (Phi) is 4.69. The van der Waals surface area contributed by atoms with Crippen molar-refractivity contribution in [1.29, 1.82) is 0 Å². The first-order chi connectivity index (χ1) is 9.52. The summed E-state index contributed by atoms with van der Waals surface area (Å²) in [5, 5.41) is 3.14. The van der Waals surface area contributed by atoms with Crippen molar-refractivity contribution in [2.45, 2.75) is 46.1 Å². The summed E-state index contributed by atoms with van der Waals surface area (Å²) in [6.07, 6.45) is 3.41. The van der Waals surface area contributed by atoms with Crippen molar-refractivity contribution < 1.29 is 4.79 Å². The molecule has 1 N–H and O–H groups in total. The summed E-state index contributed by atoms with van der Waals surface area (Å²) in [6, 6.07) is 6.41. The monoisotopic (exact) mass is 274 g/mol. The highest BCUT2D eigenvalue weighted by molar-refractivity contribution is 5.95. The van der Waals surface area contributed by atoms with E-state index < -0.39 is 0 Å². The molecule has 1 saturated carbocycles. The maximum absolute atomic E-state index is 12.7. The van der Waals surface area contributed by atoms with E-state index in [1.807, 2.05) is 32.2 Å². The van der Waals surface area contributed by atoms with E-state index in [4.69, 9.17) is 0 Å². The van der Waals surface area contributed by atoms with Crippen molar-refractivity contribution in [3.8, 4) is 0 Å². The first-order valence-corrected chi connectivity index (χ1v) is 7.62. The van der Waals surface area contributed by atoms with Crippen molar-refractivity contribution >= 4 is 11.6 Å². The Balaban J connectivity index is 2.12. The number of benzene rings is 1. The number of nitrogens with one attached hydrogen (secondary N) is 1. The first kappa shape index (κ1) is 14.9. The molecular formula is C17H26N2O. The second kappa shape index (κ2) is 6.29. The molecule has 3 heteroatoms. The SMILES string of the molecule is CNc1ccc(C(=O)N(CCC(C)C)C2CC2)cc1C. The van der Waals surface area contributed by atoms with Crippen molar-refractivity contribution in [3.63, 3.8) is 0 Å². The van der Waals surface area contributed by atoms with Gasteiger partial charge in [-0.25, -0.2) is 0 Å². The molecule has 0 bridgehead atoms. The molecule has 1 aromatic rings. The van der Waals surface area contributed by atoms with Gasteiger partial charge in [0.15, 0.2) is 0 Å². The fourth-order valence-electron chi connectivity index (χ4n) is 2.48. The Morgan fingerprint density at radius 1 is 1.40 bits per heavy atom.